The van der Waals surface area contributed by atoms with Crippen LogP contribution in [0.4, 0.5) is 0 Å². The minimum absolute atomic E-state index is 0.0887. The van der Waals surface area contributed by atoms with Crippen LogP contribution in [0.3, 0.4) is 0 Å². The van der Waals surface area contributed by atoms with Gasteiger partial charge in [-0.2, -0.15) is 21.0 Å². The Labute approximate surface area is 98.9 Å². The second kappa shape index (κ2) is 5.72. The first kappa shape index (κ1) is 12.0. The summed E-state index contributed by atoms with van der Waals surface area (Å²) >= 11 is 0. The highest BCUT2D eigenvalue weighted by Gasteiger charge is 2.15. The molecule has 0 spiro atoms. The SMILES string of the molecule is N#CC(C#N)=CC(=C(C#N)C#N)C1C=CC=C1. The highest BCUT2D eigenvalue weighted by Crippen LogP contribution is 2.24. The summed E-state index contributed by atoms with van der Waals surface area (Å²) in [6.45, 7) is 0. The lowest BCUT2D eigenvalue weighted by atomic mass is 9.94. The first-order chi connectivity index (χ1) is 8.26. The molecule has 0 radical (unpaired) electrons. The fourth-order valence-corrected chi connectivity index (χ4v) is 1.37. The van der Waals surface area contributed by atoms with Crippen LogP contribution in [0.15, 0.2) is 47.1 Å². The van der Waals surface area contributed by atoms with Gasteiger partial charge in [-0.15, -0.1) is 0 Å². The van der Waals surface area contributed by atoms with Gasteiger partial charge in [0.1, 0.15) is 35.4 Å². The monoisotopic (exact) mass is 218 g/mol. The number of allylic oxidation sites excluding steroid dienone is 8. The normalized spacial score (nSPS) is 11.8. The van der Waals surface area contributed by atoms with Crippen molar-refractivity contribution in [3.8, 4) is 24.3 Å². The Bertz CT molecular complexity index is 560. The van der Waals surface area contributed by atoms with E-state index in [1.54, 1.807) is 48.6 Å². The van der Waals surface area contributed by atoms with Gasteiger partial charge in [0.25, 0.3) is 0 Å². The zero-order valence-corrected chi connectivity index (χ0v) is 8.75. The summed E-state index contributed by atoms with van der Waals surface area (Å²) in [7, 11) is 0. The van der Waals surface area contributed by atoms with Crippen LogP contribution in [-0.4, -0.2) is 0 Å². The molecule has 0 aromatic carbocycles. The molecule has 0 unspecified atom stereocenters. The van der Waals surface area contributed by atoms with E-state index in [1.807, 2.05) is 0 Å². The van der Waals surface area contributed by atoms with E-state index in [4.69, 9.17) is 21.0 Å². The van der Waals surface area contributed by atoms with Crippen molar-refractivity contribution in [3.63, 3.8) is 0 Å². The summed E-state index contributed by atoms with van der Waals surface area (Å²) < 4.78 is 0. The van der Waals surface area contributed by atoms with Crippen molar-refractivity contribution in [1.82, 2.24) is 0 Å². The maximum Gasteiger partial charge on any atom is 0.133 e. The van der Waals surface area contributed by atoms with Crippen LogP contribution in [0.25, 0.3) is 0 Å². The van der Waals surface area contributed by atoms with Crippen LogP contribution in [0, 0.1) is 51.2 Å². The molecule has 0 aromatic rings. The molecule has 4 nitrogen and oxygen atoms in total. The molecule has 0 N–H and O–H groups in total. The van der Waals surface area contributed by atoms with Crippen molar-refractivity contribution in [1.29, 1.82) is 21.0 Å². The van der Waals surface area contributed by atoms with Crippen molar-refractivity contribution in [2.75, 3.05) is 0 Å². The summed E-state index contributed by atoms with van der Waals surface area (Å²) in [4.78, 5) is 0. The lowest BCUT2D eigenvalue weighted by Crippen LogP contribution is -1.98. The van der Waals surface area contributed by atoms with Crippen molar-refractivity contribution >= 4 is 0 Å². The minimum Gasteiger partial charge on any atom is -0.192 e. The molecule has 0 amide bonds. The minimum atomic E-state index is -0.235. The molecule has 1 aliphatic carbocycles. The summed E-state index contributed by atoms with van der Waals surface area (Å²) in [5.41, 5.74) is 0.156. The van der Waals surface area contributed by atoms with Crippen LogP contribution in [-0.2, 0) is 0 Å². The highest BCUT2D eigenvalue weighted by molar-refractivity contribution is 5.53. The molecule has 0 aromatic heterocycles. The van der Waals surface area contributed by atoms with Gasteiger partial charge in [-0.25, -0.2) is 0 Å². The predicted molar refractivity (Wildman–Crippen MR) is 59.3 cm³/mol. The summed E-state index contributed by atoms with van der Waals surface area (Å²) in [5, 5.41) is 35.0. The Hall–Kier alpha value is -3.08. The van der Waals surface area contributed by atoms with Gasteiger partial charge in [-0.3, -0.25) is 0 Å². The molecular formula is C13H6N4. The number of nitriles is 4. The average molecular weight is 218 g/mol. The molecule has 78 valence electrons. The van der Waals surface area contributed by atoms with Crippen LogP contribution >= 0.6 is 0 Å². The van der Waals surface area contributed by atoms with Gasteiger partial charge in [0.2, 0.25) is 0 Å². The van der Waals surface area contributed by atoms with Gasteiger partial charge in [0.15, 0.2) is 0 Å². The van der Waals surface area contributed by atoms with E-state index in [0.717, 1.165) is 0 Å². The standard InChI is InChI=1S/C13H6N4/c14-6-10(7-15)5-13(12(8-16)9-17)11-3-1-2-4-11/h1-5,11H. The van der Waals surface area contributed by atoms with E-state index in [0.29, 0.717) is 5.57 Å². The van der Waals surface area contributed by atoms with Crippen molar-refractivity contribution < 1.29 is 0 Å². The molecule has 4 heteroatoms. The third-order valence-electron chi connectivity index (χ3n) is 2.16. The van der Waals surface area contributed by atoms with Gasteiger partial charge < -0.3 is 0 Å². The van der Waals surface area contributed by atoms with Crippen molar-refractivity contribution in [3.05, 3.63) is 47.1 Å². The first-order valence-corrected chi connectivity index (χ1v) is 4.68. The number of nitrogens with zero attached hydrogens (tertiary/aromatic N) is 4. The number of hydrogen-bond acceptors (Lipinski definition) is 4. The lowest BCUT2D eigenvalue weighted by molar-refractivity contribution is 1.01. The fraction of sp³-hybridized carbons (Fsp3) is 0.0769. The van der Waals surface area contributed by atoms with E-state index in [1.165, 1.54) is 6.08 Å². The Morgan fingerprint density at radius 3 is 1.82 bits per heavy atom. The fourth-order valence-electron chi connectivity index (χ4n) is 1.37. The number of rotatable bonds is 2. The van der Waals surface area contributed by atoms with Gasteiger partial charge in [-0.05, 0) is 11.6 Å². The summed E-state index contributed by atoms with van der Waals surface area (Å²) in [6, 6.07) is 6.95. The quantitative estimate of drug-likeness (QED) is 0.523. The Morgan fingerprint density at radius 1 is 0.882 bits per heavy atom. The summed E-state index contributed by atoms with van der Waals surface area (Å²) in [5.74, 6) is -0.235. The maximum atomic E-state index is 8.84. The molecule has 1 aliphatic rings. The van der Waals surface area contributed by atoms with E-state index < -0.39 is 0 Å². The lowest BCUT2D eigenvalue weighted by Gasteiger charge is -2.06. The van der Waals surface area contributed by atoms with Crippen LogP contribution in [0.5, 0.6) is 0 Å². The molecule has 0 saturated heterocycles. The second-order valence-corrected chi connectivity index (χ2v) is 3.13. The molecule has 17 heavy (non-hydrogen) atoms. The smallest absolute Gasteiger partial charge is 0.133 e. The molecule has 0 aliphatic heterocycles. The van der Waals surface area contributed by atoms with E-state index in [-0.39, 0.29) is 17.1 Å². The van der Waals surface area contributed by atoms with Gasteiger partial charge in [0.05, 0.1) is 0 Å². The summed E-state index contributed by atoms with van der Waals surface area (Å²) in [6.07, 6.45) is 8.42. The van der Waals surface area contributed by atoms with Crippen LogP contribution < -0.4 is 0 Å². The van der Waals surface area contributed by atoms with Crippen molar-refractivity contribution in [2.45, 2.75) is 0 Å². The van der Waals surface area contributed by atoms with Gasteiger partial charge >= 0.3 is 0 Å². The molecule has 0 fully saturated rings. The topological polar surface area (TPSA) is 95.2 Å². The largest absolute Gasteiger partial charge is 0.192 e. The van der Waals surface area contributed by atoms with Crippen LogP contribution in [0.2, 0.25) is 0 Å². The first-order valence-electron chi connectivity index (χ1n) is 4.68. The van der Waals surface area contributed by atoms with Crippen LogP contribution in [0.1, 0.15) is 0 Å². The van der Waals surface area contributed by atoms with E-state index in [2.05, 4.69) is 0 Å². The zero-order chi connectivity index (χ0) is 12.7. The van der Waals surface area contributed by atoms with Crippen molar-refractivity contribution in [2.24, 2.45) is 5.92 Å². The average Bonchev–Trinajstić information content (AvgIpc) is 2.88. The van der Waals surface area contributed by atoms with E-state index >= 15 is 0 Å². The predicted octanol–water partition coefficient (Wildman–Crippen LogP) is 2.05. The molecule has 1 rings (SSSR count). The Kier molecular flexibility index (Phi) is 4.03. The van der Waals surface area contributed by atoms with Gasteiger partial charge in [0, 0.05) is 5.92 Å². The molecular weight excluding hydrogens is 212 g/mol. The van der Waals surface area contributed by atoms with E-state index in [9.17, 15) is 0 Å². The molecule has 0 atom stereocenters. The van der Waals surface area contributed by atoms with Gasteiger partial charge in [-0.1, -0.05) is 24.3 Å². The second-order valence-electron chi connectivity index (χ2n) is 3.13. The molecule has 0 bridgehead atoms. The molecule has 0 saturated carbocycles. The third-order valence-corrected chi connectivity index (χ3v) is 2.16. The Balaban J connectivity index is 3.35. The molecule has 0 heterocycles. The zero-order valence-electron chi connectivity index (χ0n) is 8.75. The third kappa shape index (κ3) is 2.69. The Morgan fingerprint density at radius 2 is 1.41 bits per heavy atom. The highest BCUT2D eigenvalue weighted by atomic mass is 14.3. The maximum absolute atomic E-state index is 8.84. The number of hydrogen-bond donors (Lipinski definition) is 0.